The normalized spacial score (nSPS) is 10.8. The fraction of sp³-hybridized carbons (Fsp3) is 0.261. The number of hydrogen-bond acceptors (Lipinski definition) is 3. The van der Waals surface area contributed by atoms with Gasteiger partial charge < -0.3 is 10.2 Å². The molecule has 2 amide bonds. The number of carbonyl (C=O) groups is 2. The molecule has 1 heterocycles. The number of rotatable bonds is 9. The van der Waals surface area contributed by atoms with Crippen molar-refractivity contribution < 1.29 is 22.8 Å². The molecule has 0 saturated carbocycles. The first kappa shape index (κ1) is 23.1. The number of hydrogen-bond donors (Lipinski definition) is 1. The lowest BCUT2D eigenvalue weighted by Crippen LogP contribution is -2.38. The third-order valence-electron chi connectivity index (χ3n) is 4.77. The minimum atomic E-state index is -1.67. The van der Waals surface area contributed by atoms with Gasteiger partial charge in [-0.05, 0) is 42.7 Å². The van der Waals surface area contributed by atoms with E-state index in [4.69, 9.17) is 0 Å². The van der Waals surface area contributed by atoms with Crippen molar-refractivity contribution in [2.24, 2.45) is 0 Å². The molecule has 0 fully saturated rings. The zero-order valence-electron chi connectivity index (χ0n) is 17.5. The van der Waals surface area contributed by atoms with Crippen LogP contribution >= 0.6 is 0 Å². The summed E-state index contributed by atoms with van der Waals surface area (Å²) in [7, 11) is 0. The lowest BCUT2D eigenvalue weighted by molar-refractivity contribution is -0.134. The number of anilines is 1. The van der Waals surface area contributed by atoms with Crippen LogP contribution in [0.5, 0.6) is 0 Å². The van der Waals surface area contributed by atoms with Crippen molar-refractivity contribution >= 4 is 17.5 Å². The van der Waals surface area contributed by atoms with Gasteiger partial charge in [0.25, 0.3) is 0 Å². The first-order valence-corrected chi connectivity index (χ1v) is 10.2. The van der Waals surface area contributed by atoms with Crippen molar-refractivity contribution in [3.8, 4) is 5.69 Å². The standard InChI is InChI=1S/C23H23F3N4O2/c1-2-12-29(15-20(31)28-19-10-9-18(24)22(25)23(19)26)21(32)11-8-16-13-27-30(14-16)17-6-4-3-5-7-17/h3-7,9-10,13-14H,2,8,11-12,15H2,1H3,(H,28,31). The largest absolute Gasteiger partial charge is 0.333 e. The number of aryl methyl sites for hydroxylation is 1. The van der Waals surface area contributed by atoms with Crippen molar-refractivity contribution in [3.63, 3.8) is 0 Å². The molecule has 9 heteroatoms. The Morgan fingerprint density at radius 3 is 2.53 bits per heavy atom. The van der Waals surface area contributed by atoms with Crippen LogP contribution in [0.2, 0.25) is 0 Å². The number of aromatic nitrogens is 2. The van der Waals surface area contributed by atoms with Crippen molar-refractivity contribution in [1.29, 1.82) is 0 Å². The van der Waals surface area contributed by atoms with Gasteiger partial charge in [0, 0.05) is 19.2 Å². The second-order valence-electron chi connectivity index (χ2n) is 7.22. The van der Waals surface area contributed by atoms with Crippen LogP contribution in [0.3, 0.4) is 0 Å². The molecule has 3 rings (SSSR count). The summed E-state index contributed by atoms with van der Waals surface area (Å²) in [4.78, 5) is 26.3. The fourth-order valence-corrected chi connectivity index (χ4v) is 3.17. The predicted molar refractivity (Wildman–Crippen MR) is 114 cm³/mol. The smallest absolute Gasteiger partial charge is 0.244 e. The lowest BCUT2D eigenvalue weighted by atomic mass is 10.2. The summed E-state index contributed by atoms with van der Waals surface area (Å²) in [5, 5.41) is 6.49. The molecule has 32 heavy (non-hydrogen) atoms. The van der Waals surface area contributed by atoms with E-state index in [-0.39, 0.29) is 18.9 Å². The van der Waals surface area contributed by atoms with E-state index >= 15 is 0 Å². The van der Waals surface area contributed by atoms with Gasteiger partial charge in [0.15, 0.2) is 17.5 Å². The van der Waals surface area contributed by atoms with E-state index in [1.165, 1.54) is 4.90 Å². The first-order chi connectivity index (χ1) is 15.4. The van der Waals surface area contributed by atoms with Crippen LogP contribution in [-0.4, -0.2) is 39.6 Å². The summed E-state index contributed by atoms with van der Waals surface area (Å²) in [6.45, 7) is 1.86. The summed E-state index contributed by atoms with van der Waals surface area (Å²) < 4.78 is 41.9. The van der Waals surface area contributed by atoms with Crippen LogP contribution in [0.15, 0.2) is 54.9 Å². The molecule has 2 aromatic carbocycles. The number of halogens is 3. The summed E-state index contributed by atoms with van der Waals surface area (Å²) in [6, 6.07) is 11.2. The average Bonchev–Trinajstić information content (AvgIpc) is 3.27. The molecule has 0 unspecified atom stereocenters. The highest BCUT2D eigenvalue weighted by atomic mass is 19.2. The molecule has 168 valence electrons. The molecule has 0 aliphatic carbocycles. The SMILES string of the molecule is CCCN(CC(=O)Nc1ccc(F)c(F)c1F)C(=O)CCc1cnn(-c2ccccc2)c1. The van der Waals surface area contributed by atoms with Gasteiger partial charge in [-0.1, -0.05) is 25.1 Å². The first-order valence-electron chi connectivity index (χ1n) is 10.2. The fourth-order valence-electron chi connectivity index (χ4n) is 3.17. The van der Waals surface area contributed by atoms with Gasteiger partial charge in [-0.15, -0.1) is 0 Å². The Kier molecular flexibility index (Phi) is 7.64. The van der Waals surface area contributed by atoms with Gasteiger partial charge in [0.05, 0.1) is 24.1 Å². The zero-order valence-corrected chi connectivity index (χ0v) is 17.5. The van der Waals surface area contributed by atoms with Crippen molar-refractivity contribution in [2.45, 2.75) is 26.2 Å². The van der Waals surface area contributed by atoms with Gasteiger partial charge in [-0.2, -0.15) is 5.10 Å². The molecule has 0 spiro atoms. The van der Waals surface area contributed by atoms with Crippen LogP contribution in [0.25, 0.3) is 5.69 Å². The van der Waals surface area contributed by atoms with Crippen LogP contribution < -0.4 is 5.32 Å². The molecule has 0 radical (unpaired) electrons. The van der Waals surface area contributed by atoms with E-state index < -0.39 is 29.0 Å². The topological polar surface area (TPSA) is 67.2 Å². The summed E-state index contributed by atoms with van der Waals surface area (Å²) in [5.74, 6) is -5.45. The van der Waals surface area contributed by atoms with E-state index in [0.29, 0.717) is 19.4 Å². The second-order valence-corrected chi connectivity index (χ2v) is 7.22. The van der Waals surface area contributed by atoms with Gasteiger partial charge in [-0.3, -0.25) is 9.59 Å². The third-order valence-corrected chi connectivity index (χ3v) is 4.77. The van der Waals surface area contributed by atoms with Gasteiger partial charge in [0.2, 0.25) is 11.8 Å². The molecule has 0 aliphatic rings. The molecule has 1 N–H and O–H groups in total. The van der Waals surface area contributed by atoms with E-state index in [1.54, 1.807) is 10.9 Å². The number of carbonyl (C=O) groups excluding carboxylic acids is 2. The molecular weight excluding hydrogens is 421 g/mol. The Morgan fingerprint density at radius 2 is 1.81 bits per heavy atom. The average molecular weight is 444 g/mol. The highest BCUT2D eigenvalue weighted by Crippen LogP contribution is 2.19. The maximum absolute atomic E-state index is 13.8. The summed E-state index contributed by atoms with van der Waals surface area (Å²) in [5.41, 5.74) is 1.29. The molecular formula is C23H23F3N4O2. The quantitative estimate of drug-likeness (QED) is 0.506. The molecule has 1 aromatic heterocycles. The molecule has 3 aromatic rings. The maximum Gasteiger partial charge on any atom is 0.244 e. The Hall–Kier alpha value is -3.62. The summed E-state index contributed by atoms with van der Waals surface area (Å²) >= 11 is 0. The Balaban J connectivity index is 1.58. The number of para-hydroxylation sites is 1. The number of benzene rings is 2. The maximum atomic E-state index is 13.8. The highest BCUT2D eigenvalue weighted by molar-refractivity contribution is 5.94. The number of nitrogens with one attached hydrogen (secondary N) is 1. The zero-order chi connectivity index (χ0) is 23.1. The summed E-state index contributed by atoms with van der Waals surface area (Å²) in [6.07, 6.45) is 4.73. The van der Waals surface area contributed by atoms with Crippen molar-refractivity contribution in [1.82, 2.24) is 14.7 Å². The van der Waals surface area contributed by atoms with Crippen molar-refractivity contribution in [2.75, 3.05) is 18.4 Å². The Labute approximate surface area is 183 Å². The molecule has 0 bridgehead atoms. The molecule has 6 nitrogen and oxygen atoms in total. The van der Waals surface area contributed by atoms with Crippen molar-refractivity contribution in [3.05, 3.63) is 77.9 Å². The van der Waals surface area contributed by atoms with Crippen LogP contribution in [0, 0.1) is 17.5 Å². The Morgan fingerprint density at radius 1 is 1.06 bits per heavy atom. The molecule has 0 aliphatic heterocycles. The lowest BCUT2D eigenvalue weighted by Gasteiger charge is -2.21. The van der Waals surface area contributed by atoms with Gasteiger partial charge in [0.1, 0.15) is 0 Å². The van der Waals surface area contributed by atoms with Gasteiger partial charge in [-0.25, -0.2) is 17.9 Å². The van der Waals surface area contributed by atoms with Gasteiger partial charge >= 0.3 is 0 Å². The van der Waals surface area contributed by atoms with E-state index in [0.717, 1.165) is 23.4 Å². The molecule has 0 saturated heterocycles. The number of nitrogens with zero attached hydrogens (tertiary/aromatic N) is 3. The van der Waals surface area contributed by atoms with Crippen LogP contribution in [0.4, 0.5) is 18.9 Å². The van der Waals surface area contributed by atoms with E-state index in [1.807, 2.05) is 43.5 Å². The third kappa shape index (κ3) is 5.75. The minimum absolute atomic E-state index is 0.160. The highest BCUT2D eigenvalue weighted by Gasteiger charge is 2.19. The monoisotopic (exact) mass is 444 g/mol. The Bertz CT molecular complexity index is 1090. The van der Waals surface area contributed by atoms with E-state index in [9.17, 15) is 22.8 Å². The number of amides is 2. The predicted octanol–water partition coefficient (Wildman–Crippen LogP) is 4.10. The minimum Gasteiger partial charge on any atom is -0.333 e. The molecule has 0 atom stereocenters. The van der Waals surface area contributed by atoms with E-state index in [2.05, 4.69) is 10.4 Å². The van der Waals surface area contributed by atoms with Crippen LogP contribution in [0.1, 0.15) is 25.3 Å². The second kappa shape index (κ2) is 10.6. The van der Waals surface area contributed by atoms with Crippen LogP contribution in [-0.2, 0) is 16.0 Å².